The van der Waals surface area contributed by atoms with Crippen LogP contribution in [0.3, 0.4) is 0 Å². The Hall–Kier alpha value is -2.29. The number of carbonyl (C=O) groups excluding carboxylic acids is 1. The summed E-state index contributed by atoms with van der Waals surface area (Å²) in [5.41, 5.74) is 4.43. The van der Waals surface area contributed by atoms with E-state index < -0.39 is 0 Å². The average molecular weight is 311 g/mol. The first-order chi connectivity index (χ1) is 11.1. The monoisotopic (exact) mass is 311 g/mol. The van der Waals surface area contributed by atoms with Crippen molar-refractivity contribution < 1.29 is 9.53 Å². The van der Waals surface area contributed by atoms with Gasteiger partial charge in [0.05, 0.1) is 0 Å². The summed E-state index contributed by atoms with van der Waals surface area (Å²) in [6.45, 7) is 12.7. The zero-order valence-corrected chi connectivity index (χ0v) is 14.1. The van der Waals surface area contributed by atoms with E-state index in [9.17, 15) is 4.79 Å². The molecule has 1 aromatic rings. The fourth-order valence-corrected chi connectivity index (χ4v) is 2.69. The molecule has 1 aromatic carbocycles. The predicted octanol–water partition coefficient (Wildman–Crippen LogP) is 4.23. The number of hydrogen-bond acceptors (Lipinski definition) is 2. The van der Waals surface area contributed by atoms with Gasteiger partial charge in [0.25, 0.3) is 0 Å². The van der Waals surface area contributed by atoms with E-state index in [1.165, 1.54) is 11.1 Å². The highest BCUT2D eigenvalue weighted by Gasteiger charge is 2.25. The van der Waals surface area contributed by atoms with Crippen LogP contribution in [0.1, 0.15) is 31.4 Å². The topological polar surface area (TPSA) is 29.5 Å². The second kappa shape index (κ2) is 7.82. The van der Waals surface area contributed by atoms with E-state index in [1.54, 1.807) is 6.08 Å². The van der Waals surface area contributed by atoms with Gasteiger partial charge in [-0.05, 0) is 49.9 Å². The highest BCUT2D eigenvalue weighted by Crippen LogP contribution is 2.34. The highest BCUT2D eigenvalue weighted by molar-refractivity contribution is 5.97. The van der Waals surface area contributed by atoms with Gasteiger partial charge in [0, 0.05) is 18.7 Å². The smallest absolute Gasteiger partial charge is 0.227 e. The van der Waals surface area contributed by atoms with Gasteiger partial charge in [-0.1, -0.05) is 30.4 Å². The van der Waals surface area contributed by atoms with Crippen LogP contribution >= 0.6 is 0 Å². The summed E-state index contributed by atoms with van der Waals surface area (Å²) in [6, 6.07) is 4.14. The van der Waals surface area contributed by atoms with Crippen molar-refractivity contribution in [1.82, 2.24) is 0 Å². The number of hydrogen-bond donors (Lipinski definition) is 0. The number of ether oxygens (including phenoxy) is 1. The van der Waals surface area contributed by atoms with Crippen LogP contribution in [0.2, 0.25) is 0 Å². The maximum Gasteiger partial charge on any atom is 0.227 e. The minimum Gasteiger partial charge on any atom is -0.489 e. The van der Waals surface area contributed by atoms with Gasteiger partial charge in [-0.3, -0.25) is 4.79 Å². The van der Waals surface area contributed by atoms with Gasteiger partial charge >= 0.3 is 0 Å². The molecule has 122 valence electrons. The van der Waals surface area contributed by atoms with Crippen molar-refractivity contribution in [2.24, 2.45) is 0 Å². The van der Waals surface area contributed by atoms with E-state index in [4.69, 9.17) is 4.74 Å². The van der Waals surface area contributed by atoms with Crippen LogP contribution in [0.25, 0.3) is 0 Å². The van der Waals surface area contributed by atoms with Crippen molar-refractivity contribution in [3.63, 3.8) is 0 Å². The Kier molecular flexibility index (Phi) is 5.80. The molecule has 0 N–H and O–H groups in total. The van der Waals surface area contributed by atoms with Crippen molar-refractivity contribution in [3.8, 4) is 5.75 Å². The molecule has 0 aromatic heterocycles. The van der Waals surface area contributed by atoms with Crippen molar-refractivity contribution in [1.29, 1.82) is 0 Å². The number of fused-ring (bicyclic) bond motifs is 1. The molecule has 3 heteroatoms. The summed E-state index contributed by atoms with van der Waals surface area (Å²) >= 11 is 0. The number of allylic oxidation sites excluding steroid dienone is 2. The minimum absolute atomic E-state index is 0.180. The van der Waals surface area contributed by atoms with Crippen LogP contribution in [0.15, 0.2) is 49.1 Å². The maximum atomic E-state index is 12.3. The Bertz CT molecular complexity index is 639. The lowest BCUT2D eigenvalue weighted by molar-refractivity contribution is -0.118. The molecule has 0 bridgehead atoms. The van der Waals surface area contributed by atoms with E-state index in [-0.39, 0.29) is 5.91 Å². The number of carbonyl (C=O) groups is 1. The largest absolute Gasteiger partial charge is 0.489 e. The normalized spacial score (nSPS) is 13.3. The fraction of sp³-hybridized carbons (Fsp3) is 0.350. The molecule has 0 aliphatic carbocycles. The number of aryl methyl sites for hydroxylation is 1. The lowest BCUT2D eigenvalue weighted by Gasteiger charge is -2.30. The van der Waals surface area contributed by atoms with Crippen molar-refractivity contribution in [3.05, 3.63) is 60.2 Å². The SMILES string of the molecule is C=CCOc1cc2c(cc1CC=C)N(CC=C(C)C)C(=O)CC2. The zero-order chi connectivity index (χ0) is 16.8. The van der Waals surface area contributed by atoms with Gasteiger partial charge < -0.3 is 9.64 Å². The van der Waals surface area contributed by atoms with E-state index in [0.717, 1.165) is 23.4 Å². The standard InChI is InChI=1S/C20H25NO2/c1-5-7-17-13-18-16(14-19(17)23-12-6-2)8-9-20(22)21(18)11-10-15(3)4/h5-6,10,13-14H,1-2,7-9,11-12H2,3-4H3. The first-order valence-corrected chi connectivity index (χ1v) is 8.01. The molecule has 0 fully saturated rings. The third kappa shape index (κ3) is 4.13. The van der Waals surface area contributed by atoms with Gasteiger partial charge in [-0.2, -0.15) is 0 Å². The molecular formula is C20H25NO2. The van der Waals surface area contributed by atoms with Gasteiger partial charge in [-0.25, -0.2) is 0 Å². The van der Waals surface area contributed by atoms with Gasteiger partial charge in [-0.15, -0.1) is 6.58 Å². The summed E-state index contributed by atoms with van der Waals surface area (Å²) < 4.78 is 5.78. The molecule has 23 heavy (non-hydrogen) atoms. The van der Waals surface area contributed by atoms with Crippen LogP contribution in [0.5, 0.6) is 5.75 Å². The van der Waals surface area contributed by atoms with E-state index in [1.807, 2.05) is 24.8 Å². The van der Waals surface area contributed by atoms with Crippen LogP contribution < -0.4 is 9.64 Å². The zero-order valence-electron chi connectivity index (χ0n) is 14.1. The molecule has 1 aliphatic rings. The average Bonchev–Trinajstić information content (AvgIpc) is 2.52. The molecule has 1 heterocycles. The molecule has 2 rings (SSSR count). The summed E-state index contributed by atoms with van der Waals surface area (Å²) in [7, 11) is 0. The van der Waals surface area contributed by atoms with Gasteiger partial charge in [0.2, 0.25) is 5.91 Å². The summed E-state index contributed by atoms with van der Waals surface area (Å²) in [4.78, 5) is 14.2. The summed E-state index contributed by atoms with van der Waals surface area (Å²) in [6.07, 6.45) is 7.70. The third-order valence-corrected chi connectivity index (χ3v) is 3.86. The third-order valence-electron chi connectivity index (χ3n) is 3.86. The highest BCUT2D eigenvalue weighted by atomic mass is 16.5. The van der Waals surface area contributed by atoms with Crippen LogP contribution in [0, 0.1) is 0 Å². The number of anilines is 1. The van der Waals surface area contributed by atoms with Crippen LogP contribution in [-0.2, 0) is 17.6 Å². The van der Waals surface area contributed by atoms with Crippen LogP contribution in [0.4, 0.5) is 5.69 Å². The molecule has 0 radical (unpaired) electrons. The molecule has 1 amide bonds. The lowest BCUT2D eigenvalue weighted by Crippen LogP contribution is -2.35. The first-order valence-electron chi connectivity index (χ1n) is 8.01. The van der Waals surface area contributed by atoms with Crippen LogP contribution in [-0.4, -0.2) is 19.1 Å². The minimum atomic E-state index is 0.180. The Morgan fingerprint density at radius 2 is 2.04 bits per heavy atom. The van der Waals surface area contributed by atoms with Gasteiger partial charge in [0.15, 0.2) is 0 Å². The Morgan fingerprint density at radius 1 is 1.26 bits per heavy atom. The number of rotatable bonds is 7. The van der Waals surface area contributed by atoms with Crippen molar-refractivity contribution in [2.75, 3.05) is 18.1 Å². The number of benzene rings is 1. The lowest BCUT2D eigenvalue weighted by atomic mass is 9.97. The number of amides is 1. The van der Waals surface area contributed by atoms with E-state index >= 15 is 0 Å². The molecule has 0 atom stereocenters. The molecule has 0 saturated carbocycles. The maximum absolute atomic E-state index is 12.3. The molecule has 3 nitrogen and oxygen atoms in total. The second-order valence-electron chi connectivity index (χ2n) is 5.97. The van der Waals surface area contributed by atoms with E-state index in [2.05, 4.69) is 31.4 Å². The Balaban J connectivity index is 2.42. The molecule has 0 saturated heterocycles. The Morgan fingerprint density at radius 3 is 2.70 bits per heavy atom. The van der Waals surface area contributed by atoms with Gasteiger partial charge in [0.1, 0.15) is 12.4 Å². The van der Waals surface area contributed by atoms with E-state index in [0.29, 0.717) is 26.0 Å². The molecular weight excluding hydrogens is 286 g/mol. The first kappa shape index (κ1) is 17.1. The summed E-state index contributed by atoms with van der Waals surface area (Å²) in [5, 5.41) is 0. The predicted molar refractivity (Wildman–Crippen MR) is 96.1 cm³/mol. The Labute approximate surface area is 139 Å². The molecule has 0 spiro atoms. The van der Waals surface area contributed by atoms with Crippen molar-refractivity contribution >= 4 is 11.6 Å². The summed E-state index contributed by atoms with van der Waals surface area (Å²) in [5.74, 6) is 1.04. The van der Waals surface area contributed by atoms with Crippen molar-refractivity contribution in [2.45, 2.75) is 33.1 Å². The number of nitrogens with zero attached hydrogens (tertiary/aromatic N) is 1. The quantitative estimate of drug-likeness (QED) is 0.705. The molecule has 0 unspecified atom stereocenters. The second-order valence-corrected chi connectivity index (χ2v) is 5.97. The molecule has 1 aliphatic heterocycles. The fourth-order valence-electron chi connectivity index (χ4n) is 2.69.